The van der Waals surface area contributed by atoms with Crippen LogP contribution in [0.5, 0.6) is 0 Å². The average Bonchev–Trinajstić information content (AvgIpc) is 3.43. The van der Waals surface area contributed by atoms with E-state index in [-0.39, 0.29) is 13.1 Å². The molecule has 6 heteroatoms. The number of hydrogen-bond acceptors (Lipinski definition) is 2. The zero-order valence-electron chi connectivity index (χ0n) is 25.3. The minimum absolute atomic E-state index is 0.158. The fourth-order valence-electron chi connectivity index (χ4n) is 7.51. The zero-order chi connectivity index (χ0) is 26.6. The van der Waals surface area contributed by atoms with Gasteiger partial charge in [-0.15, -0.1) is 9.24 Å². The lowest BCUT2D eigenvalue weighted by Crippen LogP contribution is -2.47. The van der Waals surface area contributed by atoms with E-state index in [1.807, 2.05) is 16.0 Å². The monoisotopic (exact) mass is 552 g/mol. The van der Waals surface area contributed by atoms with Crippen molar-refractivity contribution in [3.63, 3.8) is 0 Å². The predicted octanol–water partition coefficient (Wildman–Crippen LogP) is 7.51. The molecule has 3 rings (SSSR count). The lowest BCUT2D eigenvalue weighted by atomic mass is 9.71. The van der Waals surface area contributed by atoms with Crippen molar-refractivity contribution in [1.29, 1.82) is 0 Å². The van der Waals surface area contributed by atoms with Crippen molar-refractivity contribution in [1.82, 2.24) is 10.6 Å². The van der Waals surface area contributed by atoms with Gasteiger partial charge in [0, 0.05) is 11.1 Å². The summed E-state index contributed by atoms with van der Waals surface area (Å²) in [6, 6.07) is 0. The highest BCUT2D eigenvalue weighted by Crippen LogP contribution is 2.64. The molecule has 4 unspecified atom stereocenters. The lowest BCUT2D eigenvalue weighted by molar-refractivity contribution is 0.323. The van der Waals surface area contributed by atoms with Crippen LogP contribution in [0.2, 0.25) is 39.3 Å². The molecule has 0 aromatic rings. The maximum atomic E-state index is 3.76. The molecule has 2 aliphatic heterocycles. The summed E-state index contributed by atoms with van der Waals surface area (Å²) in [5.74, 6) is 2.10. The quantitative estimate of drug-likeness (QED) is 0.252. The van der Waals surface area contributed by atoms with Gasteiger partial charge in [0.05, 0.1) is 16.1 Å². The zero-order valence-corrected chi connectivity index (χ0v) is 29.3. The molecule has 35 heavy (non-hydrogen) atoms. The van der Waals surface area contributed by atoms with Gasteiger partial charge in [0.15, 0.2) is 0 Å². The Morgan fingerprint density at radius 2 is 1.29 bits per heavy atom. The molecule has 3 aliphatic rings. The van der Waals surface area contributed by atoms with Gasteiger partial charge in [0.2, 0.25) is 0 Å². The number of rotatable bonds is 7. The minimum atomic E-state index is -1.51. The van der Waals surface area contributed by atoms with E-state index < -0.39 is 16.1 Å². The van der Waals surface area contributed by atoms with E-state index in [1.54, 1.807) is 0 Å². The van der Waals surface area contributed by atoms with E-state index in [1.165, 1.54) is 45.2 Å². The highest BCUT2D eigenvalue weighted by molar-refractivity contribution is 7.60. The van der Waals surface area contributed by atoms with Crippen LogP contribution in [0.1, 0.15) is 54.4 Å². The van der Waals surface area contributed by atoms with Crippen molar-refractivity contribution in [2.75, 3.05) is 32.3 Å². The van der Waals surface area contributed by atoms with E-state index in [0.29, 0.717) is 16.2 Å². The van der Waals surface area contributed by atoms with E-state index in [2.05, 4.69) is 107 Å². The van der Waals surface area contributed by atoms with Crippen LogP contribution in [0.4, 0.5) is 0 Å². The van der Waals surface area contributed by atoms with Crippen LogP contribution < -0.4 is 10.6 Å². The summed E-state index contributed by atoms with van der Waals surface area (Å²) in [6.07, 6.45) is 6.86. The molecule has 2 saturated heterocycles. The molecule has 4 atom stereocenters. The van der Waals surface area contributed by atoms with Gasteiger partial charge in [-0.3, -0.25) is 0 Å². The molecule has 0 saturated carbocycles. The fraction of sp³-hybridized carbons (Fsp3) is 0.862. The summed E-state index contributed by atoms with van der Waals surface area (Å²) in [7, 11) is 0.427. The van der Waals surface area contributed by atoms with Crippen molar-refractivity contribution in [2.24, 2.45) is 17.8 Å². The summed E-state index contributed by atoms with van der Waals surface area (Å²) in [4.78, 5) is 0. The molecule has 0 aromatic carbocycles. The summed E-state index contributed by atoms with van der Waals surface area (Å²) in [6.45, 7) is 35.6. The first-order valence-corrected chi connectivity index (χ1v) is 23.3. The molecule has 0 radical (unpaired) electrons. The second-order valence-electron chi connectivity index (χ2n) is 15.7. The number of hydrogen-bond donors (Lipinski definition) is 2. The standard InChI is InChI=1S/C29H58N2P2Si2/c1-27(2,3)33(28(4,5)6)20-23-24(17-25(34(7,8)9)26(23)35(10,11)12)29(32,21-13-15-30-18-21)22-14-16-31-19-22/h17,21-23,30-31H,13-16,18-20,32H2,1-12H3. The Hall–Kier alpha value is 0.694. The third kappa shape index (κ3) is 6.30. The Kier molecular flexibility index (Phi) is 8.94. The van der Waals surface area contributed by atoms with Crippen LogP contribution in [0, 0.1) is 17.8 Å². The Morgan fingerprint density at radius 1 is 0.829 bits per heavy atom. The molecule has 0 spiro atoms. The maximum Gasteiger partial charge on any atom is 0.0770 e. The summed E-state index contributed by atoms with van der Waals surface area (Å²) < 4.78 is 0. The third-order valence-electron chi connectivity index (χ3n) is 8.89. The van der Waals surface area contributed by atoms with Gasteiger partial charge >= 0.3 is 0 Å². The molecule has 2 heterocycles. The smallest absolute Gasteiger partial charge is 0.0770 e. The van der Waals surface area contributed by atoms with Crippen LogP contribution in [0.15, 0.2) is 22.0 Å². The van der Waals surface area contributed by atoms with E-state index >= 15 is 0 Å². The third-order valence-corrected chi connectivity index (χ3v) is 18.6. The lowest BCUT2D eigenvalue weighted by Gasteiger charge is -2.49. The van der Waals surface area contributed by atoms with Gasteiger partial charge in [-0.25, -0.2) is 0 Å². The SMILES string of the molecule is CC(C)(C)P(CC1C(C(P)(C2CCNC2)C2CCNC2)=CC([Si](C)(C)C)=C1[Si](C)(C)C)C(C)(C)C. The van der Waals surface area contributed by atoms with Crippen molar-refractivity contribution in [2.45, 2.75) is 109 Å². The molecular formula is C29H58N2P2Si2. The Balaban J connectivity index is 2.24. The summed E-state index contributed by atoms with van der Waals surface area (Å²) >= 11 is 0. The molecule has 2 nitrogen and oxygen atoms in total. The maximum absolute atomic E-state index is 3.76. The fourth-order valence-corrected chi connectivity index (χ4v) is 18.4. The Labute approximate surface area is 224 Å². The summed E-state index contributed by atoms with van der Waals surface area (Å²) in [5, 5.41) is 12.2. The minimum Gasteiger partial charge on any atom is -0.316 e. The van der Waals surface area contributed by atoms with Crippen LogP contribution in [0.3, 0.4) is 0 Å². The first-order chi connectivity index (χ1) is 15.8. The average molecular weight is 553 g/mol. The molecule has 2 fully saturated rings. The largest absolute Gasteiger partial charge is 0.316 e. The van der Waals surface area contributed by atoms with Crippen LogP contribution in [0.25, 0.3) is 0 Å². The topological polar surface area (TPSA) is 24.1 Å². The van der Waals surface area contributed by atoms with Crippen LogP contribution >= 0.6 is 17.2 Å². The van der Waals surface area contributed by atoms with Crippen LogP contribution in [-0.2, 0) is 0 Å². The molecule has 0 bridgehead atoms. The molecule has 0 aromatic heterocycles. The normalized spacial score (nSPS) is 28.7. The van der Waals surface area contributed by atoms with E-state index in [0.717, 1.165) is 11.8 Å². The second kappa shape index (κ2) is 10.3. The van der Waals surface area contributed by atoms with Crippen LogP contribution in [-0.4, -0.2) is 64.0 Å². The van der Waals surface area contributed by atoms with Gasteiger partial charge < -0.3 is 10.6 Å². The molecule has 202 valence electrons. The van der Waals surface area contributed by atoms with E-state index in [9.17, 15) is 0 Å². The van der Waals surface area contributed by atoms with Gasteiger partial charge in [-0.05, 0) is 67.3 Å². The highest BCUT2D eigenvalue weighted by atomic mass is 31.1. The molecule has 2 N–H and O–H groups in total. The Bertz CT molecular complexity index is 795. The van der Waals surface area contributed by atoms with Crippen molar-refractivity contribution < 1.29 is 0 Å². The number of nitrogens with one attached hydrogen (secondary N) is 2. The molecular weight excluding hydrogens is 494 g/mol. The highest BCUT2D eigenvalue weighted by Gasteiger charge is 2.53. The van der Waals surface area contributed by atoms with Crippen molar-refractivity contribution in [3.8, 4) is 0 Å². The predicted molar refractivity (Wildman–Crippen MR) is 171 cm³/mol. The van der Waals surface area contributed by atoms with Crippen molar-refractivity contribution in [3.05, 3.63) is 22.0 Å². The Morgan fingerprint density at radius 3 is 1.60 bits per heavy atom. The van der Waals surface area contributed by atoms with Gasteiger partial charge in [-0.2, -0.15) is 0 Å². The first-order valence-electron chi connectivity index (χ1n) is 14.2. The van der Waals surface area contributed by atoms with E-state index in [4.69, 9.17) is 0 Å². The van der Waals surface area contributed by atoms with Gasteiger partial charge in [0.25, 0.3) is 0 Å². The molecule has 1 aliphatic carbocycles. The first kappa shape index (κ1) is 30.2. The summed E-state index contributed by atoms with van der Waals surface area (Å²) in [5.41, 5.74) is 1.83. The van der Waals surface area contributed by atoms with Gasteiger partial charge in [0.1, 0.15) is 0 Å². The number of allylic oxidation sites excluding steroid dienone is 4. The second-order valence-corrected chi connectivity index (χ2v) is 30.7. The van der Waals surface area contributed by atoms with Gasteiger partial charge in [-0.1, -0.05) is 111 Å². The molecule has 0 amide bonds. The van der Waals surface area contributed by atoms with Crippen molar-refractivity contribution >= 4 is 33.3 Å².